The quantitative estimate of drug-likeness (QED) is 0.282. The van der Waals surface area contributed by atoms with Crippen molar-refractivity contribution in [2.75, 3.05) is 18.4 Å². The number of fused-ring (bicyclic) bond motifs is 1. The van der Waals surface area contributed by atoms with E-state index in [0.717, 1.165) is 65.3 Å². The molecule has 2 fully saturated rings. The Bertz CT molecular complexity index is 1450. The minimum absolute atomic E-state index is 0.239. The highest BCUT2D eigenvalue weighted by molar-refractivity contribution is 6.11. The van der Waals surface area contributed by atoms with Crippen molar-refractivity contribution in [3.63, 3.8) is 0 Å². The molecule has 0 atom stereocenters. The van der Waals surface area contributed by atoms with E-state index in [1.165, 1.54) is 56.9 Å². The highest BCUT2D eigenvalue weighted by Crippen LogP contribution is 2.29. The number of rotatable bonds is 7. The van der Waals surface area contributed by atoms with E-state index < -0.39 is 0 Å². The predicted octanol–water partition coefficient (Wildman–Crippen LogP) is 6.69. The number of benzene rings is 1. The molecule has 1 aromatic carbocycles. The minimum Gasteiger partial charge on any atom is -0.319 e. The van der Waals surface area contributed by atoms with Crippen molar-refractivity contribution in [1.29, 1.82) is 0 Å². The number of carbonyl (C=O) groups is 1. The van der Waals surface area contributed by atoms with Gasteiger partial charge in [-0.25, -0.2) is 0 Å². The standard InChI is InChI=1S/C32H38N6O/c1-22-14-27(20-34-30(22)16-23-8-4-2-5-9-23)35-32(39)31-28-17-25(10-11-29(28)36-37-31)26-15-24(18-33-19-26)21-38-12-6-3-7-13-38/h10-11,14-15,17-20,23H,2-9,12-13,16,21H2,1H3,(H,35,39)(H,36,37). The molecule has 6 rings (SSSR count). The van der Waals surface area contributed by atoms with Crippen molar-refractivity contribution in [2.24, 2.45) is 5.92 Å². The van der Waals surface area contributed by atoms with E-state index in [9.17, 15) is 4.79 Å². The van der Waals surface area contributed by atoms with Crippen LogP contribution in [0.2, 0.25) is 0 Å². The molecule has 2 aliphatic rings. The molecule has 1 aliphatic carbocycles. The topological polar surface area (TPSA) is 86.8 Å². The summed E-state index contributed by atoms with van der Waals surface area (Å²) in [5, 5.41) is 11.2. The zero-order valence-corrected chi connectivity index (χ0v) is 22.9. The molecule has 1 saturated heterocycles. The maximum Gasteiger partial charge on any atom is 0.276 e. The Morgan fingerprint density at radius 3 is 2.62 bits per heavy atom. The van der Waals surface area contributed by atoms with Crippen molar-refractivity contribution in [1.82, 2.24) is 25.1 Å². The van der Waals surface area contributed by atoms with Crippen molar-refractivity contribution in [2.45, 2.75) is 71.3 Å². The summed E-state index contributed by atoms with van der Waals surface area (Å²) in [7, 11) is 0. The third-order valence-electron chi connectivity index (χ3n) is 8.41. The van der Waals surface area contributed by atoms with Gasteiger partial charge in [-0.1, -0.05) is 44.6 Å². The number of nitrogens with zero attached hydrogens (tertiary/aromatic N) is 4. The number of pyridine rings is 2. The summed E-state index contributed by atoms with van der Waals surface area (Å²) in [5.41, 5.74) is 7.48. The summed E-state index contributed by atoms with van der Waals surface area (Å²) in [5.74, 6) is 0.493. The fourth-order valence-corrected chi connectivity index (χ4v) is 6.21. The van der Waals surface area contributed by atoms with Crippen LogP contribution in [0, 0.1) is 12.8 Å². The van der Waals surface area contributed by atoms with Crippen LogP contribution in [0.5, 0.6) is 0 Å². The second-order valence-electron chi connectivity index (χ2n) is 11.4. The number of H-pyrrole nitrogens is 1. The van der Waals surface area contributed by atoms with E-state index in [4.69, 9.17) is 4.98 Å². The van der Waals surface area contributed by atoms with Gasteiger partial charge in [0.15, 0.2) is 5.69 Å². The molecular weight excluding hydrogens is 484 g/mol. The van der Waals surface area contributed by atoms with Gasteiger partial charge in [0.05, 0.1) is 17.4 Å². The van der Waals surface area contributed by atoms with Crippen LogP contribution in [-0.4, -0.2) is 44.1 Å². The van der Waals surface area contributed by atoms with E-state index in [0.29, 0.717) is 11.4 Å². The van der Waals surface area contributed by atoms with Crippen LogP contribution in [0.25, 0.3) is 22.0 Å². The number of aryl methyl sites for hydroxylation is 1. The molecule has 4 heterocycles. The predicted molar refractivity (Wildman–Crippen MR) is 156 cm³/mol. The SMILES string of the molecule is Cc1cc(NC(=O)c2n[nH]c3ccc(-c4cncc(CN5CCCCC5)c4)cc23)cnc1CC1CCCCC1. The molecular formula is C32H38N6O. The summed E-state index contributed by atoms with van der Waals surface area (Å²) >= 11 is 0. The Labute approximate surface area is 230 Å². The highest BCUT2D eigenvalue weighted by atomic mass is 16.1. The number of aromatic amines is 1. The molecule has 7 heteroatoms. The zero-order valence-electron chi connectivity index (χ0n) is 22.9. The van der Waals surface area contributed by atoms with E-state index in [2.05, 4.69) is 44.5 Å². The lowest BCUT2D eigenvalue weighted by molar-refractivity contribution is 0.102. The Morgan fingerprint density at radius 2 is 1.79 bits per heavy atom. The summed E-state index contributed by atoms with van der Waals surface area (Å²) in [6, 6.07) is 10.3. The first-order valence-electron chi connectivity index (χ1n) is 14.5. The van der Waals surface area contributed by atoms with Crippen molar-refractivity contribution < 1.29 is 4.79 Å². The lowest BCUT2D eigenvalue weighted by Crippen LogP contribution is -2.29. The Balaban J connectivity index is 1.18. The largest absolute Gasteiger partial charge is 0.319 e. The fourth-order valence-electron chi connectivity index (χ4n) is 6.21. The van der Waals surface area contributed by atoms with Gasteiger partial charge >= 0.3 is 0 Å². The van der Waals surface area contributed by atoms with E-state index in [-0.39, 0.29) is 5.91 Å². The van der Waals surface area contributed by atoms with Gasteiger partial charge < -0.3 is 5.32 Å². The van der Waals surface area contributed by atoms with Crippen LogP contribution < -0.4 is 5.32 Å². The van der Waals surface area contributed by atoms with E-state index >= 15 is 0 Å². The van der Waals surface area contributed by atoms with Gasteiger partial charge in [0.1, 0.15) is 0 Å². The van der Waals surface area contributed by atoms with Gasteiger partial charge in [0.25, 0.3) is 5.91 Å². The fraction of sp³-hybridized carbons (Fsp3) is 0.438. The molecule has 0 unspecified atom stereocenters. The molecule has 1 amide bonds. The maximum atomic E-state index is 13.3. The second-order valence-corrected chi connectivity index (χ2v) is 11.4. The third-order valence-corrected chi connectivity index (χ3v) is 8.41. The molecule has 3 aromatic heterocycles. The third kappa shape index (κ3) is 6.04. The van der Waals surface area contributed by atoms with Crippen molar-refractivity contribution in [3.05, 3.63) is 71.4 Å². The first kappa shape index (κ1) is 25.7. The highest BCUT2D eigenvalue weighted by Gasteiger charge is 2.18. The summed E-state index contributed by atoms with van der Waals surface area (Å²) in [4.78, 5) is 25.0. The number of aromatic nitrogens is 4. The molecule has 0 spiro atoms. The molecule has 1 saturated carbocycles. The van der Waals surface area contributed by atoms with Crippen LogP contribution >= 0.6 is 0 Å². The monoisotopic (exact) mass is 522 g/mol. The number of nitrogens with one attached hydrogen (secondary N) is 2. The lowest BCUT2D eigenvalue weighted by Gasteiger charge is -2.26. The molecule has 2 N–H and O–H groups in total. The van der Waals surface area contributed by atoms with Crippen LogP contribution in [0.4, 0.5) is 5.69 Å². The van der Waals surface area contributed by atoms with Gasteiger partial charge in [0, 0.05) is 35.6 Å². The van der Waals surface area contributed by atoms with E-state index in [1.807, 2.05) is 30.6 Å². The first-order valence-corrected chi connectivity index (χ1v) is 14.5. The van der Waals surface area contributed by atoms with Crippen molar-refractivity contribution in [3.8, 4) is 11.1 Å². The molecule has 202 valence electrons. The Kier molecular flexibility index (Phi) is 7.68. The molecule has 0 bridgehead atoms. The first-order chi connectivity index (χ1) is 19.1. The zero-order chi connectivity index (χ0) is 26.6. The number of hydrogen-bond donors (Lipinski definition) is 2. The van der Waals surface area contributed by atoms with Crippen LogP contribution in [0.3, 0.4) is 0 Å². The number of anilines is 1. The molecule has 7 nitrogen and oxygen atoms in total. The van der Waals surface area contributed by atoms with Crippen LogP contribution in [0.1, 0.15) is 78.7 Å². The molecule has 39 heavy (non-hydrogen) atoms. The molecule has 0 radical (unpaired) electrons. The smallest absolute Gasteiger partial charge is 0.276 e. The normalized spacial score (nSPS) is 16.9. The van der Waals surface area contributed by atoms with Crippen molar-refractivity contribution >= 4 is 22.5 Å². The molecule has 1 aliphatic heterocycles. The second kappa shape index (κ2) is 11.7. The lowest BCUT2D eigenvalue weighted by atomic mass is 9.85. The van der Waals surface area contributed by atoms with Crippen LogP contribution in [-0.2, 0) is 13.0 Å². The summed E-state index contributed by atoms with van der Waals surface area (Å²) < 4.78 is 0. The molecule has 4 aromatic rings. The van der Waals surface area contributed by atoms with Gasteiger partial charge in [0.2, 0.25) is 0 Å². The van der Waals surface area contributed by atoms with Crippen LogP contribution in [0.15, 0.2) is 48.9 Å². The number of amides is 1. The average molecular weight is 523 g/mol. The minimum atomic E-state index is -0.239. The van der Waals surface area contributed by atoms with E-state index in [1.54, 1.807) is 6.20 Å². The van der Waals surface area contributed by atoms with Gasteiger partial charge in [-0.2, -0.15) is 5.10 Å². The number of carbonyl (C=O) groups excluding carboxylic acids is 1. The Hall–Kier alpha value is -3.58. The summed E-state index contributed by atoms with van der Waals surface area (Å²) in [6.07, 6.45) is 17.2. The number of piperidine rings is 1. The van der Waals surface area contributed by atoms with Gasteiger partial charge in [-0.05, 0) is 86.1 Å². The number of hydrogen-bond acceptors (Lipinski definition) is 5. The summed E-state index contributed by atoms with van der Waals surface area (Å²) in [6.45, 7) is 5.32. The average Bonchev–Trinajstić information content (AvgIpc) is 3.39. The van der Waals surface area contributed by atoms with Gasteiger partial charge in [-0.3, -0.25) is 24.8 Å². The maximum absolute atomic E-state index is 13.3. The van der Waals surface area contributed by atoms with Gasteiger partial charge in [-0.15, -0.1) is 0 Å². The number of likely N-dealkylation sites (tertiary alicyclic amines) is 1. The Morgan fingerprint density at radius 1 is 0.974 bits per heavy atom.